The largest absolute Gasteiger partial charge is 0.305 e. The molecular weight excluding hydrogens is 157 g/mol. The lowest BCUT2D eigenvalue weighted by molar-refractivity contribution is 0.544. The van der Waals surface area contributed by atoms with E-state index in [2.05, 4.69) is 15.2 Å². The highest BCUT2D eigenvalue weighted by molar-refractivity contribution is 5.53. The fraction of sp³-hybridized carbons (Fsp3) is 0. The van der Waals surface area contributed by atoms with Crippen molar-refractivity contribution < 1.29 is 4.39 Å². The van der Waals surface area contributed by atoms with Crippen molar-refractivity contribution in [3.8, 4) is 11.4 Å². The maximum atomic E-state index is 12.4. The highest BCUT2D eigenvalue weighted by atomic mass is 19.1. The van der Waals surface area contributed by atoms with Crippen molar-refractivity contribution in [2.45, 2.75) is 0 Å². The summed E-state index contributed by atoms with van der Waals surface area (Å²) in [5.41, 5.74) is 0.803. The first kappa shape index (κ1) is 6.97. The quantitative estimate of drug-likeness (QED) is 0.693. The lowest BCUT2D eigenvalue weighted by Gasteiger charge is -1.90. The topological polar surface area (TPSA) is 41.6 Å². The normalized spacial score (nSPS) is 10.1. The number of nitrogens with zero attached hydrogens (tertiary/aromatic N) is 2. The van der Waals surface area contributed by atoms with Gasteiger partial charge in [-0.15, -0.1) is 0 Å². The van der Waals surface area contributed by atoms with E-state index in [0.717, 1.165) is 5.56 Å². The molecular formula is C8H6FN3. The predicted molar refractivity (Wildman–Crippen MR) is 41.8 cm³/mol. The Morgan fingerprint density at radius 1 is 1.17 bits per heavy atom. The maximum absolute atomic E-state index is 12.4. The second kappa shape index (κ2) is 2.73. The highest BCUT2D eigenvalue weighted by Crippen LogP contribution is 2.12. The monoisotopic (exact) mass is 163 g/mol. The van der Waals surface area contributed by atoms with Gasteiger partial charge >= 0.3 is 6.08 Å². The smallest absolute Gasteiger partial charge is 0.235 e. The van der Waals surface area contributed by atoms with E-state index in [-0.39, 0.29) is 0 Å². The molecule has 0 aliphatic rings. The Morgan fingerprint density at radius 2 is 1.92 bits per heavy atom. The number of aromatic amines is 1. The molecule has 0 saturated heterocycles. The number of hydrogen-bond donors (Lipinski definition) is 1. The van der Waals surface area contributed by atoms with Crippen LogP contribution in [-0.2, 0) is 0 Å². The molecule has 2 rings (SSSR count). The summed E-state index contributed by atoms with van der Waals surface area (Å²) in [5.74, 6) is 0.383. The summed E-state index contributed by atoms with van der Waals surface area (Å²) >= 11 is 0. The Morgan fingerprint density at radius 3 is 2.50 bits per heavy atom. The van der Waals surface area contributed by atoms with Crippen LogP contribution in [0.4, 0.5) is 4.39 Å². The van der Waals surface area contributed by atoms with E-state index in [1.807, 2.05) is 30.3 Å². The first-order chi connectivity index (χ1) is 5.86. The van der Waals surface area contributed by atoms with Crippen LogP contribution in [0.1, 0.15) is 0 Å². The van der Waals surface area contributed by atoms with Crippen molar-refractivity contribution in [3.63, 3.8) is 0 Å². The molecule has 0 aliphatic carbocycles. The number of rotatable bonds is 1. The van der Waals surface area contributed by atoms with Crippen molar-refractivity contribution in [3.05, 3.63) is 36.4 Å². The molecule has 4 heteroatoms. The van der Waals surface area contributed by atoms with E-state index in [4.69, 9.17) is 0 Å². The predicted octanol–water partition coefficient (Wildman–Crippen LogP) is 1.61. The molecule has 0 bridgehead atoms. The van der Waals surface area contributed by atoms with Crippen molar-refractivity contribution in [1.29, 1.82) is 0 Å². The summed E-state index contributed by atoms with van der Waals surface area (Å²) in [6.07, 6.45) is -0.658. The minimum atomic E-state index is -0.658. The number of nitrogens with one attached hydrogen (secondary N) is 1. The second-order valence-corrected chi connectivity index (χ2v) is 2.32. The minimum Gasteiger partial charge on any atom is -0.235 e. The third-order valence-corrected chi connectivity index (χ3v) is 1.49. The molecule has 1 heterocycles. The van der Waals surface area contributed by atoms with Crippen LogP contribution in [0.2, 0.25) is 0 Å². The summed E-state index contributed by atoms with van der Waals surface area (Å²) < 4.78 is 12.4. The van der Waals surface area contributed by atoms with Crippen LogP contribution in [0.5, 0.6) is 0 Å². The average molecular weight is 163 g/mol. The van der Waals surface area contributed by atoms with E-state index in [9.17, 15) is 4.39 Å². The van der Waals surface area contributed by atoms with Crippen LogP contribution in [0.25, 0.3) is 11.4 Å². The SMILES string of the molecule is Fc1nc(-c2ccccc2)n[nH]1. The molecule has 2 aromatic rings. The van der Waals surface area contributed by atoms with Crippen LogP contribution < -0.4 is 0 Å². The number of hydrogen-bond acceptors (Lipinski definition) is 2. The van der Waals surface area contributed by atoms with Gasteiger partial charge in [-0.3, -0.25) is 0 Å². The first-order valence-corrected chi connectivity index (χ1v) is 3.49. The Hall–Kier alpha value is -1.71. The molecule has 1 aromatic carbocycles. The Labute approximate surface area is 68.3 Å². The fourth-order valence-corrected chi connectivity index (χ4v) is 0.958. The molecule has 1 N–H and O–H groups in total. The molecule has 3 nitrogen and oxygen atoms in total. The number of benzene rings is 1. The molecule has 0 fully saturated rings. The van der Waals surface area contributed by atoms with Crippen molar-refractivity contribution >= 4 is 0 Å². The van der Waals surface area contributed by atoms with E-state index >= 15 is 0 Å². The Kier molecular flexibility index (Phi) is 1.59. The number of H-pyrrole nitrogens is 1. The van der Waals surface area contributed by atoms with Gasteiger partial charge in [0, 0.05) is 5.56 Å². The zero-order valence-corrected chi connectivity index (χ0v) is 6.16. The first-order valence-electron chi connectivity index (χ1n) is 3.49. The molecule has 0 amide bonds. The third-order valence-electron chi connectivity index (χ3n) is 1.49. The molecule has 1 aromatic heterocycles. The highest BCUT2D eigenvalue weighted by Gasteiger charge is 2.02. The summed E-state index contributed by atoms with van der Waals surface area (Å²) in [6.45, 7) is 0. The molecule has 0 unspecified atom stereocenters. The molecule has 0 saturated carbocycles. The third kappa shape index (κ3) is 1.18. The molecule has 12 heavy (non-hydrogen) atoms. The van der Waals surface area contributed by atoms with Crippen LogP contribution >= 0.6 is 0 Å². The van der Waals surface area contributed by atoms with Gasteiger partial charge in [-0.1, -0.05) is 30.3 Å². The van der Waals surface area contributed by atoms with Crippen LogP contribution in [0, 0.1) is 6.08 Å². The van der Waals surface area contributed by atoms with E-state index < -0.39 is 6.08 Å². The minimum absolute atomic E-state index is 0.383. The summed E-state index contributed by atoms with van der Waals surface area (Å²) in [4.78, 5) is 3.55. The van der Waals surface area contributed by atoms with E-state index in [0.29, 0.717) is 5.82 Å². The standard InChI is InChI=1S/C8H6FN3/c9-8-10-7(11-12-8)6-4-2-1-3-5-6/h1-5H,(H,10,11,12). The van der Waals surface area contributed by atoms with Crippen molar-refractivity contribution in [2.24, 2.45) is 0 Å². The van der Waals surface area contributed by atoms with Crippen LogP contribution in [-0.4, -0.2) is 15.2 Å². The van der Waals surface area contributed by atoms with Gasteiger partial charge in [-0.05, 0) is 0 Å². The van der Waals surface area contributed by atoms with Crippen molar-refractivity contribution in [1.82, 2.24) is 15.2 Å². The average Bonchev–Trinajstić information content (AvgIpc) is 2.54. The van der Waals surface area contributed by atoms with Gasteiger partial charge in [-0.25, -0.2) is 5.10 Å². The summed E-state index contributed by atoms with van der Waals surface area (Å²) in [7, 11) is 0. The number of halogens is 1. The second-order valence-electron chi connectivity index (χ2n) is 2.32. The van der Waals surface area contributed by atoms with Gasteiger partial charge < -0.3 is 0 Å². The molecule has 0 aliphatic heterocycles. The van der Waals surface area contributed by atoms with Crippen LogP contribution in [0.15, 0.2) is 30.3 Å². The van der Waals surface area contributed by atoms with Gasteiger partial charge in [0.15, 0.2) is 5.82 Å². The molecule has 60 valence electrons. The zero-order valence-electron chi connectivity index (χ0n) is 6.16. The lowest BCUT2D eigenvalue weighted by Crippen LogP contribution is -1.78. The van der Waals surface area contributed by atoms with E-state index in [1.165, 1.54) is 0 Å². The van der Waals surface area contributed by atoms with Crippen LogP contribution in [0.3, 0.4) is 0 Å². The zero-order chi connectivity index (χ0) is 8.39. The van der Waals surface area contributed by atoms with Gasteiger partial charge in [-0.2, -0.15) is 14.5 Å². The van der Waals surface area contributed by atoms with E-state index in [1.54, 1.807) is 0 Å². The Balaban J connectivity index is 2.45. The Bertz CT molecular complexity index is 369. The maximum Gasteiger partial charge on any atom is 0.305 e. The molecule has 0 spiro atoms. The fourth-order valence-electron chi connectivity index (χ4n) is 0.958. The van der Waals surface area contributed by atoms with Gasteiger partial charge in [0.05, 0.1) is 0 Å². The van der Waals surface area contributed by atoms with Gasteiger partial charge in [0.1, 0.15) is 0 Å². The number of aromatic nitrogens is 3. The summed E-state index contributed by atoms with van der Waals surface area (Å²) in [5, 5.41) is 5.81. The van der Waals surface area contributed by atoms with Gasteiger partial charge in [0.2, 0.25) is 0 Å². The molecule has 0 radical (unpaired) electrons. The molecule has 0 atom stereocenters. The van der Waals surface area contributed by atoms with Gasteiger partial charge in [0.25, 0.3) is 0 Å². The summed E-state index contributed by atoms with van der Waals surface area (Å²) in [6, 6.07) is 9.23. The lowest BCUT2D eigenvalue weighted by atomic mass is 10.2. The van der Waals surface area contributed by atoms with Crippen molar-refractivity contribution in [2.75, 3.05) is 0 Å².